The second kappa shape index (κ2) is 7.49. The highest BCUT2D eigenvalue weighted by Crippen LogP contribution is 2.35. The Morgan fingerprint density at radius 3 is 2.83 bits per heavy atom. The van der Waals surface area contributed by atoms with Crippen molar-refractivity contribution in [1.29, 1.82) is 0 Å². The molecule has 1 N–H and O–H groups in total. The fourth-order valence-corrected chi connectivity index (χ4v) is 2.78. The number of carbonyl (C=O) groups excluding carboxylic acids is 1. The summed E-state index contributed by atoms with van der Waals surface area (Å²) in [5.74, 6) is 0. The van der Waals surface area contributed by atoms with Gasteiger partial charge in [-0.3, -0.25) is 5.32 Å². The monoisotopic (exact) mass is 331 g/mol. The Bertz CT molecular complexity index is 675. The molecule has 0 radical (unpaired) electrons. The van der Waals surface area contributed by atoms with E-state index in [2.05, 4.69) is 5.32 Å². The maximum atomic E-state index is 11.6. The van der Waals surface area contributed by atoms with E-state index in [0.29, 0.717) is 24.7 Å². The van der Waals surface area contributed by atoms with E-state index in [9.17, 15) is 4.79 Å². The van der Waals surface area contributed by atoms with Crippen molar-refractivity contribution < 1.29 is 14.3 Å². The molecule has 1 aliphatic heterocycles. The van der Waals surface area contributed by atoms with Crippen LogP contribution in [0.1, 0.15) is 30.1 Å². The Kier molecular flexibility index (Phi) is 5.16. The van der Waals surface area contributed by atoms with Crippen LogP contribution < -0.4 is 5.32 Å². The molecule has 0 fully saturated rings. The first-order valence-corrected chi connectivity index (χ1v) is 7.99. The minimum absolute atomic E-state index is 0.280. The maximum Gasteiger partial charge on any atom is 0.412 e. The standard InChI is InChI=1S/C18H18ClNO3/c19-14-8-9-16-15(11-14)17(23-18(21)20-16)7-4-10-22-12-13-5-2-1-3-6-13/h1-3,5-6,8-9,11,17H,4,7,10,12H2,(H,20,21). The summed E-state index contributed by atoms with van der Waals surface area (Å²) >= 11 is 6.04. The third kappa shape index (κ3) is 4.24. The second-order valence-corrected chi connectivity index (χ2v) is 5.87. The van der Waals surface area contributed by atoms with E-state index in [1.165, 1.54) is 0 Å². The lowest BCUT2D eigenvalue weighted by Gasteiger charge is -2.26. The van der Waals surface area contributed by atoms with Crippen molar-refractivity contribution in [3.05, 3.63) is 64.7 Å². The fraction of sp³-hybridized carbons (Fsp3) is 0.278. The first kappa shape index (κ1) is 15.8. The molecule has 0 saturated carbocycles. The number of halogens is 1. The summed E-state index contributed by atoms with van der Waals surface area (Å²) < 4.78 is 11.0. The van der Waals surface area contributed by atoms with Crippen molar-refractivity contribution in [1.82, 2.24) is 0 Å². The number of carbonyl (C=O) groups is 1. The van der Waals surface area contributed by atoms with Crippen LogP contribution in [0, 0.1) is 0 Å². The highest BCUT2D eigenvalue weighted by molar-refractivity contribution is 6.30. The summed E-state index contributed by atoms with van der Waals surface area (Å²) in [7, 11) is 0. The zero-order valence-corrected chi connectivity index (χ0v) is 13.4. The number of cyclic esters (lactones) is 1. The van der Waals surface area contributed by atoms with Gasteiger partial charge in [0, 0.05) is 17.2 Å². The summed E-state index contributed by atoms with van der Waals surface area (Å²) in [6.45, 7) is 1.21. The molecular formula is C18H18ClNO3. The van der Waals surface area contributed by atoms with Gasteiger partial charge in [-0.2, -0.15) is 0 Å². The minimum Gasteiger partial charge on any atom is -0.441 e. The van der Waals surface area contributed by atoms with Gasteiger partial charge in [0.1, 0.15) is 6.10 Å². The Morgan fingerprint density at radius 2 is 2.00 bits per heavy atom. The van der Waals surface area contributed by atoms with Gasteiger partial charge < -0.3 is 9.47 Å². The molecule has 2 aromatic rings. The average Bonchev–Trinajstić information content (AvgIpc) is 2.56. The average molecular weight is 332 g/mol. The topological polar surface area (TPSA) is 47.6 Å². The molecule has 23 heavy (non-hydrogen) atoms. The van der Waals surface area contributed by atoms with Crippen molar-refractivity contribution in [3.63, 3.8) is 0 Å². The normalized spacial score (nSPS) is 16.4. The smallest absolute Gasteiger partial charge is 0.412 e. The van der Waals surface area contributed by atoms with Gasteiger partial charge in [-0.1, -0.05) is 41.9 Å². The molecule has 0 aliphatic carbocycles. The SMILES string of the molecule is O=C1Nc2ccc(Cl)cc2C(CCCOCc2ccccc2)O1. The molecule has 0 saturated heterocycles. The van der Waals surface area contributed by atoms with Gasteiger partial charge in [-0.15, -0.1) is 0 Å². The molecule has 5 heteroatoms. The first-order valence-electron chi connectivity index (χ1n) is 7.61. The van der Waals surface area contributed by atoms with E-state index in [1.54, 1.807) is 12.1 Å². The van der Waals surface area contributed by atoms with Gasteiger partial charge in [0.15, 0.2) is 0 Å². The van der Waals surface area contributed by atoms with Gasteiger partial charge in [0.05, 0.1) is 12.3 Å². The van der Waals surface area contributed by atoms with E-state index in [-0.39, 0.29) is 6.10 Å². The summed E-state index contributed by atoms with van der Waals surface area (Å²) in [6, 6.07) is 15.4. The van der Waals surface area contributed by atoms with E-state index >= 15 is 0 Å². The Labute approximate surface area is 140 Å². The largest absolute Gasteiger partial charge is 0.441 e. The Balaban J connectivity index is 1.50. The van der Waals surface area contributed by atoms with E-state index in [1.807, 2.05) is 36.4 Å². The zero-order valence-electron chi connectivity index (χ0n) is 12.6. The highest BCUT2D eigenvalue weighted by Gasteiger charge is 2.25. The molecule has 1 aliphatic rings. The number of hydrogen-bond donors (Lipinski definition) is 1. The van der Waals surface area contributed by atoms with Crippen LogP contribution in [-0.2, 0) is 16.1 Å². The van der Waals surface area contributed by atoms with Crippen LogP contribution in [-0.4, -0.2) is 12.7 Å². The predicted molar refractivity (Wildman–Crippen MR) is 89.6 cm³/mol. The third-order valence-electron chi connectivity index (χ3n) is 3.71. The van der Waals surface area contributed by atoms with Crippen LogP contribution in [0.25, 0.3) is 0 Å². The minimum atomic E-state index is -0.421. The fourth-order valence-electron chi connectivity index (χ4n) is 2.60. The number of nitrogens with one attached hydrogen (secondary N) is 1. The van der Waals surface area contributed by atoms with Gasteiger partial charge in [0.2, 0.25) is 0 Å². The van der Waals surface area contributed by atoms with Crippen molar-refractivity contribution in [2.45, 2.75) is 25.6 Å². The number of fused-ring (bicyclic) bond motifs is 1. The van der Waals surface area contributed by atoms with Crippen LogP contribution in [0.3, 0.4) is 0 Å². The molecule has 4 nitrogen and oxygen atoms in total. The predicted octanol–water partition coefficient (Wildman–Crippen LogP) is 4.94. The molecule has 1 unspecified atom stereocenters. The number of hydrogen-bond acceptors (Lipinski definition) is 3. The van der Waals surface area contributed by atoms with Crippen molar-refractivity contribution in [2.24, 2.45) is 0 Å². The van der Waals surface area contributed by atoms with Gasteiger partial charge in [0.25, 0.3) is 0 Å². The third-order valence-corrected chi connectivity index (χ3v) is 3.95. The summed E-state index contributed by atoms with van der Waals surface area (Å²) in [5, 5.41) is 3.32. The molecule has 0 spiro atoms. The van der Waals surface area contributed by atoms with Crippen LogP contribution in [0.15, 0.2) is 48.5 Å². The quantitative estimate of drug-likeness (QED) is 0.763. The lowest BCUT2D eigenvalue weighted by molar-refractivity contribution is 0.0784. The lowest BCUT2D eigenvalue weighted by Crippen LogP contribution is -2.24. The molecule has 1 heterocycles. The summed E-state index contributed by atoms with van der Waals surface area (Å²) in [6.07, 6.45) is 0.805. The molecule has 1 atom stereocenters. The lowest BCUT2D eigenvalue weighted by atomic mass is 10.0. The van der Waals surface area contributed by atoms with Crippen molar-refractivity contribution in [2.75, 3.05) is 11.9 Å². The van der Waals surface area contributed by atoms with E-state index in [4.69, 9.17) is 21.1 Å². The highest BCUT2D eigenvalue weighted by atomic mass is 35.5. The van der Waals surface area contributed by atoms with E-state index < -0.39 is 6.09 Å². The number of anilines is 1. The van der Waals surface area contributed by atoms with Gasteiger partial charge >= 0.3 is 6.09 Å². The molecule has 120 valence electrons. The van der Waals surface area contributed by atoms with Crippen LogP contribution in [0.2, 0.25) is 5.02 Å². The summed E-state index contributed by atoms with van der Waals surface area (Å²) in [4.78, 5) is 11.6. The molecule has 1 amide bonds. The van der Waals surface area contributed by atoms with Crippen LogP contribution in [0.5, 0.6) is 0 Å². The van der Waals surface area contributed by atoms with E-state index in [0.717, 1.165) is 23.2 Å². The summed E-state index contributed by atoms with van der Waals surface area (Å²) in [5.41, 5.74) is 2.83. The van der Waals surface area contributed by atoms with Gasteiger partial charge in [-0.25, -0.2) is 4.79 Å². The molecular weight excluding hydrogens is 314 g/mol. The van der Waals surface area contributed by atoms with Crippen LogP contribution in [0.4, 0.5) is 10.5 Å². The maximum absolute atomic E-state index is 11.6. The number of rotatable bonds is 6. The molecule has 3 rings (SSSR count). The molecule has 0 bridgehead atoms. The first-order chi connectivity index (χ1) is 11.2. The Hall–Kier alpha value is -2.04. The number of benzene rings is 2. The zero-order chi connectivity index (χ0) is 16.1. The number of ether oxygens (including phenoxy) is 2. The van der Waals surface area contributed by atoms with Crippen molar-refractivity contribution in [3.8, 4) is 0 Å². The van der Waals surface area contributed by atoms with Gasteiger partial charge in [-0.05, 0) is 36.6 Å². The van der Waals surface area contributed by atoms with Crippen LogP contribution >= 0.6 is 11.6 Å². The Morgan fingerprint density at radius 1 is 1.17 bits per heavy atom. The van der Waals surface area contributed by atoms with Crippen molar-refractivity contribution >= 4 is 23.4 Å². The molecule has 2 aromatic carbocycles. The number of amides is 1. The second-order valence-electron chi connectivity index (χ2n) is 5.43. The molecule has 0 aromatic heterocycles.